The highest BCUT2D eigenvalue weighted by Gasteiger charge is 2.28. The van der Waals surface area contributed by atoms with Crippen LogP contribution in [0, 0.1) is 5.82 Å². The summed E-state index contributed by atoms with van der Waals surface area (Å²) in [5.41, 5.74) is 2.10. The van der Waals surface area contributed by atoms with Crippen LogP contribution in [0.2, 0.25) is 0 Å². The molecule has 2 heterocycles. The van der Waals surface area contributed by atoms with Gasteiger partial charge in [0, 0.05) is 0 Å². The molecule has 0 spiro atoms. The number of benzene rings is 1. The van der Waals surface area contributed by atoms with Crippen LogP contribution < -0.4 is 4.90 Å². The van der Waals surface area contributed by atoms with Gasteiger partial charge in [-0.3, -0.25) is 4.79 Å². The lowest BCUT2D eigenvalue weighted by Crippen LogP contribution is -3.14. The number of hydrogen-bond acceptors (Lipinski definition) is 2. The van der Waals surface area contributed by atoms with E-state index in [0.717, 1.165) is 38.4 Å². The second kappa shape index (κ2) is 7.35. The minimum Gasteiger partial charge on any atom is -0.332 e. The third-order valence-corrected chi connectivity index (χ3v) is 4.89. The predicted octanol–water partition coefficient (Wildman–Crippen LogP) is 1.50. The van der Waals surface area contributed by atoms with Gasteiger partial charge in [0.1, 0.15) is 5.82 Å². The van der Waals surface area contributed by atoms with Gasteiger partial charge in [0.15, 0.2) is 0 Å². The minimum atomic E-state index is -0.311. The van der Waals surface area contributed by atoms with Crippen LogP contribution in [0.4, 0.5) is 4.39 Å². The largest absolute Gasteiger partial charge is 0.332 e. The number of nitrogens with one attached hydrogen (secondary N) is 1. The van der Waals surface area contributed by atoms with Crippen molar-refractivity contribution in [2.45, 2.75) is 26.7 Å². The van der Waals surface area contributed by atoms with Crippen LogP contribution in [0.1, 0.15) is 42.7 Å². The lowest BCUT2D eigenvalue weighted by molar-refractivity contribution is -0.902. The first kappa shape index (κ1) is 17.6. The van der Waals surface area contributed by atoms with E-state index in [9.17, 15) is 9.18 Å². The third-order valence-electron chi connectivity index (χ3n) is 4.89. The first-order valence-electron chi connectivity index (χ1n) is 8.98. The zero-order chi connectivity index (χ0) is 18.0. The van der Waals surface area contributed by atoms with Gasteiger partial charge >= 0.3 is 0 Å². The van der Waals surface area contributed by atoms with Crippen LogP contribution in [-0.4, -0.2) is 53.3 Å². The monoisotopic (exact) mass is 345 g/mol. The number of carbonyl (C=O) groups excluding carboxylic acids is 1. The van der Waals surface area contributed by atoms with Gasteiger partial charge in [0.2, 0.25) is 0 Å². The molecule has 0 bridgehead atoms. The molecule has 6 heteroatoms. The minimum absolute atomic E-state index is 0.0292. The number of halogens is 1. The third kappa shape index (κ3) is 3.58. The Hall–Kier alpha value is -2.21. The summed E-state index contributed by atoms with van der Waals surface area (Å²) in [5.74, 6) is -0.178. The Morgan fingerprint density at radius 1 is 1.32 bits per heavy atom. The summed E-state index contributed by atoms with van der Waals surface area (Å²) < 4.78 is 15.3. The van der Waals surface area contributed by atoms with Gasteiger partial charge in [-0.15, -0.1) is 0 Å². The SMILES string of the molecule is CC[NH+]1CCN(C(=O)c2cnn(-c3cccc(F)c3)c2C(C)C)CC1. The fourth-order valence-electron chi connectivity index (χ4n) is 3.44. The molecule has 5 nitrogen and oxygen atoms in total. The Bertz CT molecular complexity index is 748. The van der Waals surface area contributed by atoms with E-state index < -0.39 is 0 Å². The molecule has 0 atom stereocenters. The number of nitrogens with zero attached hydrogens (tertiary/aromatic N) is 3. The van der Waals surface area contributed by atoms with Gasteiger partial charge in [-0.25, -0.2) is 9.07 Å². The molecule has 1 fully saturated rings. The van der Waals surface area contributed by atoms with Crippen molar-refractivity contribution in [1.29, 1.82) is 0 Å². The Morgan fingerprint density at radius 3 is 2.64 bits per heavy atom. The smallest absolute Gasteiger partial charge is 0.257 e. The Balaban J connectivity index is 1.91. The average molecular weight is 345 g/mol. The topological polar surface area (TPSA) is 42.6 Å². The lowest BCUT2D eigenvalue weighted by Gasteiger charge is -2.31. The van der Waals surface area contributed by atoms with Gasteiger partial charge in [-0.2, -0.15) is 5.10 Å². The van der Waals surface area contributed by atoms with Crippen molar-refractivity contribution >= 4 is 5.91 Å². The average Bonchev–Trinajstić information content (AvgIpc) is 3.06. The van der Waals surface area contributed by atoms with E-state index in [1.165, 1.54) is 17.0 Å². The highest BCUT2D eigenvalue weighted by atomic mass is 19.1. The normalized spacial score (nSPS) is 15.8. The van der Waals surface area contributed by atoms with Crippen LogP contribution in [0.3, 0.4) is 0 Å². The van der Waals surface area contributed by atoms with Crippen molar-refractivity contribution in [1.82, 2.24) is 14.7 Å². The number of likely N-dealkylation sites (N-methyl/N-ethyl adjacent to an activating group) is 1. The Labute approximate surface area is 148 Å². The maximum Gasteiger partial charge on any atom is 0.257 e. The number of hydrogen-bond donors (Lipinski definition) is 1. The Kier molecular flexibility index (Phi) is 5.18. The molecule has 1 aromatic heterocycles. The molecule has 1 N–H and O–H groups in total. The number of piperazine rings is 1. The predicted molar refractivity (Wildman–Crippen MR) is 94.8 cm³/mol. The quantitative estimate of drug-likeness (QED) is 0.912. The summed E-state index contributed by atoms with van der Waals surface area (Å²) in [6, 6.07) is 6.31. The van der Waals surface area contributed by atoms with Crippen LogP contribution in [0.15, 0.2) is 30.5 Å². The van der Waals surface area contributed by atoms with Crippen molar-refractivity contribution < 1.29 is 14.1 Å². The van der Waals surface area contributed by atoms with Crippen LogP contribution >= 0.6 is 0 Å². The van der Waals surface area contributed by atoms with Gasteiger partial charge in [-0.1, -0.05) is 19.9 Å². The molecule has 1 amide bonds. The molecular formula is C19H26FN4O+. The maximum absolute atomic E-state index is 13.6. The summed E-state index contributed by atoms with van der Waals surface area (Å²) >= 11 is 0. The summed E-state index contributed by atoms with van der Waals surface area (Å²) in [6.45, 7) is 10.8. The van der Waals surface area contributed by atoms with Crippen LogP contribution in [-0.2, 0) is 0 Å². The molecule has 1 saturated heterocycles. The van der Waals surface area contributed by atoms with E-state index >= 15 is 0 Å². The first-order chi connectivity index (χ1) is 12.0. The second-order valence-corrected chi connectivity index (χ2v) is 6.89. The molecule has 0 saturated carbocycles. The van der Waals surface area contributed by atoms with Crippen molar-refractivity contribution in [2.24, 2.45) is 0 Å². The van der Waals surface area contributed by atoms with Crippen LogP contribution in [0.25, 0.3) is 5.69 Å². The van der Waals surface area contributed by atoms with Crippen molar-refractivity contribution in [3.05, 3.63) is 47.5 Å². The number of quaternary nitrogens is 1. The molecular weight excluding hydrogens is 319 g/mol. The molecule has 2 aromatic rings. The molecule has 134 valence electrons. The van der Waals surface area contributed by atoms with Gasteiger partial charge < -0.3 is 9.80 Å². The lowest BCUT2D eigenvalue weighted by atomic mass is 10.0. The van der Waals surface area contributed by atoms with E-state index in [-0.39, 0.29) is 17.6 Å². The summed E-state index contributed by atoms with van der Waals surface area (Å²) in [4.78, 5) is 16.5. The Morgan fingerprint density at radius 2 is 2.04 bits per heavy atom. The van der Waals surface area contributed by atoms with Gasteiger partial charge in [0.25, 0.3) is 5.91 Å². The molecule has 1 aromatic carbocycles. The van der Waals surface area contributed by atoms with E-state index in [1.807, 2.05) is 18.7 Å². The summed E-state index contributed by atoms with van der Waals surface area (Å²) in [5, 5.41) is 4.39. The highest BCUT2D eigenvalue weighted by Crippen LogP contribution is 2.24. The first-order valence-corrected chi connectivity index (χ1v) is 8.98. The zero-order valence-electron chi connectivity index (χ0n) is 15.1. The van der Waals surface area contributed by atoms with Gasteiger partial charge in [-0.05, 0) is 31.0 Å². The molecule has 3 rings (SSSR count). The van der Waals surface area contributed by atoms with Crippen molar-refractivity contribution in [3.63, 3.8) is 0 Å². The van der Waals surface area contributed by atoms with Gasteiger partial charge in [0.05, 0.1) is 55.9 Å². The molecule has 1 aliphatic rings. The molecule has 0 aliphatic carbocycles. The number of carbonyl (C=O) groups is 1. The number of amides is 1. The summed E-state index contributed by atoms with van der Waals surface area (Å²) in [6.07, 6.45) is 1.63. The highest BCUT2D eigenvalue weighted by molar-refractivity contribution is 5.95. The van der Waals surface area contributed by atoms with E-state index in [2.05, 4.69) is 12.0 Å². The fraction of sp³-hybridized carbons (Fsp3) is 0.474. The van der Waals surface area contributed by atoms with Crippen LogP contribution in [0.5, 0.6) is 0 Å². The maximum atomic E-state index is 13.6. The second-order valence-electron chi connectivity index (χ2n) is 6.89. The van der Waals surface area contributed by atoms with E-state index in [1.54, 1.807) is 23.0 Å². The van der Waals surface area contributed by atoms with Crippen molar-refractivity contribution in [2.75, 3.05) is 32.7 Å². The van der Waals surface area contributed by atoms with E-state index in [4.69, 9.17) is 0 Å². The standard InChI is InChI=1S/C19H25FN4O/c1-4-22-8-10-23(11-9-22)19(25)17-13-21-24(18(17)14(2)3)16-7-5-6-15(20)12-16/h5-7,12-14H,4,8-11H2,1-3H3/p+1. The zero-order valence-corrected chi connectivity index (χ0v) is 15.1. The molecule has 1 aliphatic heterocycles. The number of aromatic nitrogens is 2. The molecule has 25 heavy (non-hydrogen) atoms. The fourth-order valence-corrected chi connectivity index (χ4v) is 3.44. The van der Waals surface area contributed by atoms with E-state index in [0.29, 0.717) is 11.3 Å². The number of rotatable bonds is 4. The molecule has 0 unspecified atom stereocenters. The molecule has 0 radical (unpaired) electrons. The summed E-state index contributed by atoms with van der Waals surface area (Å²) in [7, 11) is 0. The van der Waals surface area contributed by atoms with Crippen molar-refractivity contribution in [3.8, 4) is 5.69 Å².